The second kappa shape index (κ2) is 10.1. The standard InChI is InChI=1S/C21H21Cl2FN4O3S/c1-26(13-16-10-15(12-25)2-5-20(16)24)21(29)14-27-6-8-28(9-7-27)32(30,31)17-3-4-18(22)19(23)11-17/h2-5,10-11H,6-9,13-14H2,1H3. The van der Waals surface area contributed by atoms with Crippen molar-refractivity contribution < 1.29 is 17.6 Å². The number of hydrogen-bond donors (Lipinski definition) is 0. The molecule has 32 heavy (non-hydrogen) atoms. The number of piperazine rings is 1. The molecule has 2 aromatic rings. The number of benzene rings is 2. The molecule has 1 amide bonds. The van der Waals surface area contributed by atoms with Gasteiger partial charge < -0.3 is 4.90 Å². The van der Waals surface area contributed by atoms with Gasteiger partial charge in [-0.25, -0.2) is 12.8 Å². The zero-order valence-electron chi connectivity index (χ0n) is 17.3. The number of amides is 1. The summed E-state index contributed by atoms with van der Waals surface area (Å²) in [5.41, 5.74) is 0.582. The van der Waals surface area contributed by atoms with E-state index in [2.05, 4.69) is 0 Å². The molecule has 170 valence electrons. The third-order valence-electron chi connectivity index (χ3n) is 5.23. The summed E-state index contributed by atoms with van der Waals surface area (Å²) >= 11 is 11.8. The third kappa shape index (κ3) is 5.57. The van der Waals surface area contributed by atoms with Crippen LogP contribution in [0.2, 0.25) is 10.0 Å². The van der Waals surface area contributed by atoms with Crippen LogP contribution in [-0.4, -0.2) is 68.2 Å². The Balaban J connectivity index is 1.57. The number of rotatable bonds is 6. The molecule has 0 aliphatic carbocycles. The molecule has 1 aliphatic heterocycles. The predicted molar refractivity (Wildman–Crippen MR) is 119 cm³/mol. The minimum absolute atomic E-state index is 0.0336. The van der Waals surface area contributed by atoms with Crippen molar-refractivity contribution in [2.75, 3.05) is 39.8 Å². The number of halogens is 3. The highest BCUT2D eigenvalue weighted by Crippen LogP contribution is 2.27. The molecule has 2 aromatic carbocycles. The maximum absolute atomic E-state index is 14.0. The summed E-state index contributed by atoms with van der Waals surface area (Å²) < 4.78 is 41.0. The first-order chi connectivity index (χ1) is 15.1. The fourth-order valence-electron chi connectivity index (χ4n) is 3.34. The first kappa shape index (κ1) is 24.4. The van der Waals surface area contributed by atoms with E-state index in [-0.39, 0.29) is 52.6 Å². The van der Waals surface area contributed by atoms with Gasteiger partial charge >= 0.3 is 0 Å². The van der Waals surface area contributed by atoms with Crippen molar-refractivity contribution in [3.8, 4) is 6.07 Å². The molecule has 0 atom stereocenters. The highest BCUT2D eigenvalue weighted by molar-refractivity contribution is 7.89. The zero-order chi connectivity index (χ0) is 23.5. The summed E-state index contributed by atoms with van der Waals surface area (Å²) in [5.74, 6) is -0.711. The average Bonchev–Trinajstić information content (AvgIpc) is 2.77. The molecule has 3 rings (SSSR count). The zero-order valence-corrected chi connectivity index (χ0v) is 19.6. The van der Waals surface area contributed by atoms with E-state index in [1.165, 1.54) is 45.6 Å². The largest absolute Gasteiger partial charge is 0.340 e. The predicted octanol–water partition coefficient (Wildman–Crippen LogP) is 2.97. The van der Waals surface area contributed by atoms with Crippen LogP contribution in [0.3, 0.4) is 0 Å². The number of carbonyl (C=O) groups is 1. The van der Waals surface area contributed by atoms with Crippen molar-refractivity contribution >= 4 is 39.1 Å². The van der Waals surface area contributed by atoms with E-state index in [1.54, 1.807) is 7.05 Å². The number of sulfonamides is 1. The Morgan fingerprint density at radius 2 is 1.81 bits per heavy atom. The van der Waals surface area contributed by atoms with Crippen molar-refractivity contribution in [1.82, 2.24) is 14.1 Å². The molecule has 0 unspecified atom stereocenters. The minimum atomic E-state index is -3.72. The van der Waals surface area contributed by atoms with Gasteiger partial charge in [0.15, 0.2) is 0 Å². The van der Waals surface area contributed by atoms with Crippen LogP contribution in [0, 0.1) is 17.1 Å². The van der Waals surface area contributed by atoms with Crippen LogP contribution >= 0.6 is 23.2 Å². The fourth-order valence-corrected chi connectivity index (χ4v) is 5.15. The molecular weight excluding hydrogens is 478 g/mol. The Labute approximate surface area is 196 Å². The fraction of sp³-hybridized carbons (Fsp3) is 0.333. The number of nitriles is 1. The smallest absolute Gasteiger partial charge is 0.243 e. The molecule has 0 radical (unpaired) electrons. The van der Waals surface area contributed by atoms with Crippen molar-refractivity contribution in [2.45, 2.75) is 11.4 Å². The normalized spacial score (nSPS) is 15.3. The van der Waals surface area contributed by atoms with Crippen LogP contribution in [0.1, 0.15) is 11.1 Å². The molecule has 0 spiro atoms. The first-order valence-electron chi connectivity index (χ1n) is 9.72. The van der Waals surface area contributed by atoms with E-state index in [0.29, 0.717) is 18.7 Å². The van der Waals surface area contributed by atoms with Crippen LogP contribution in [-0.2, 0) is 21.4 Å². The Morgan fingerprint density at radius 1 is 1.12 bits per heavy atom. The van der Waals surface area contributed by atoms with Gasteiger partial charge in [0, 0.05) is 45.3 Å². The van der Waals surface area contributed by atoms with Gasteiger partial charge in [-0.15, -0.1) is 0 Å². The first-order valence-corrected chi connectivity index (χ1v) is 11.9. The van der Waals surface area contributed by atoms with Crippen molar-refractivity contribution in [1.29, 1.82) is 5.26 Å². The number of hydrogen-bond acceptors (Lipinski definition) is 5. The molecule has 0 bridgehead atoms. The minimum Gasteiger partial charge on any atom is -0.340 e. The van der Waals surface area contributed by atoms with Gasteiger partial charge in [-0.2, -0.15) is 9.57 Å². The summed E-state index contributed by atoms with van der Waals surface area (Å²) in [7, 11) is -2.16. The summed E-state index contributed by atoms with van der Waals surface area (Å²) in [4.78, 5) is 15.9. The van der Waals surface area contributed by atoms with Gasteiger partial charge in [0.2, 0.25) is 15.9 Å². The molecule has 1 saturated heterocycles. The van der Waals surface area contributed by atoms with Crippen molar-refractivity contribution in [3.63, 3.8) is 0 Å². The lowest BCUT2D eigenvalue weighted by molar-refractivity contribution is -0.131. The molecule has 11 heteroatoms. The van der Waals surface area contributed by atoms with Gasteiger partial charge in [-0.1, -0.05) is 23.2 Å². The van der Waals surface area contributed by atoms with Gasteiger partial charge in [0.25, 0.3) is 0 Å². The van der Waals surface area contributed by atoms with E-state index in [0.717, 1.165) is 0 Å². The van der Waals surface area contributed by atoms with Gasteiger partial charge in [0.1, 0.15) is 5.82 Å². The van der Waals surface area contributed by atoms with Crippen LogP contribution in [0.5, 0.6) is 0 Å². The third-order valence-corrected chi connectivity index (χ3v) is 7.86. The Hall–Kier alpha value is -2.22. The number of nitrogens with zero attached hydrogens (tertiary/aromatic N) is 4. The second-order valence-corrected chi connectivity index (χ2v) is 10.2. The Kier molecular flexibility index (Phi) is 7.75. The topological polar surface area (TPSA) is 84.7 Å². The Bertz CT molecular complexity index is 1160. The van der Waals surface area contributed by atoms with E-state index >= 15 is 0 Å². The van der Waals surface area contributed by atoms with Crippen LogP contribution in [0.4, 0.5) is 4.39 Å². The van der Waals surface area contributed by atoms with E-state index in [1.807, 2.05) is 11.0 Å². The summed E-state index contributed by atoms with van der Waals surface area (Å²) in [6.45, 7) is 1.30. The molecule has 7 nitrogen and oxygen atoms in total. The Morgan fingerprint density at radius 3 is 2.44 bits per heavy atom. The van der Waals surface area contributed by atoms with Gasteiger partial charge in [0.05, 0.1) is 33.1 Å². The van der Waals surface area contributed by atoms with E-state index in [9.17, 15) is 17.6 Å². The van der Waals surface area contributed by atoms with Crippen LogP contribution in [0.25, 0.3) is 0 Å². The lowest BCUT2D eigenvalue weighted by Crippen LogP contribution is -2.51. The maximum Gasteiger partial charge on any atom is 0.243 e. The van der Waals surface area contributed by atoms with E-state index in [4.69, 9.17) is 28.5 Å². The van der Waals surface area contributed by atoms with Gasteiger partial charge in [-0.05, 0) is 36.4 Å². The molecule has 1 fully saturated rings. The summed E-state index contributed by atoms with van der Waals surface area (Å²) in [6.07, 6.45) is 0. The molecule has 0 aromatic heterocycles. The summed E-state index contributed by atoms with van der Waals surface area (Å²) in [5, 5.41) is 9.41. The highest BCUT2D eigenvalue weighted by atomic mass is 35.5. The lowest BCUT2D eigenvalue weighted by atomic mass is 10.1. The summed E-state index contributed by atoms with van der Waals surface area (Å²) in [6, 6.07) is 10.1. The maximum atomic E-state index is 14.0. The van der Waals surface area contributed by atoms with Crippen molar-refractivity contribution in [2.24, 2.45) is 0 Å². The SMILES string of the molecule is CN(Cc1cc(C#N)ccc1F)C(=O)CN1CCN(S(=O)(=O)c2ccc(Cl)c(Cl)c2)CC1. The quantitative estimate of drug-likeness (QED) is 0.611. The molecule has 1 aliphatic rings. The van der Waals surface area contributed by atoms with Crippen LogP contribution in [0.15, 0.2) is 41.3 Å². The van der Waals surface area contributed by atoms with Crippen LogP contribution < -0.4 is 0 Å². The molecule has 0 saturated carbocycles. The van der Waals surface area contributed by atoms with Gasteiger partial charge in [-0.3, -0.25) is 9.69 Å². The van der Waals surface area contributed by atoms with Crippen molar-refractivity contribution in [3.05, 3.63) is 63.4 Å². The number of carbonyl (C=O) groups excluding carboxylic acids is 1. The van der Waals surface area contributed by atoms with E-state index < -0.39 is 15.8 Å². The molecule has 1 heterocycles. The molecular formula is C21H21Cl2FN4O3S. The monoisotopic (exact) mass is 498 g/mol. The number of likely N-dealkylation sites (N-methyl/N-ethyl adjacent to an activating group) is 1. The highest BCUT2D eigenvalue weighted by Gasteiger charge is 2.30. The second-order valence-electron chi connectivity index (χ2n) is 7.42. The average molecular weight is 499 g/mol. The molecule has 0 N–H and O–H groups in total. The lowest BCUT2D eigenvalue weighted by Gasteiger charge is -2.34.